The molecule has 2 aliphatic heterocycles. The summed E-state index contributed by atoms with van der Waals surface area (Å²) in [5.41, 5.74) is 24.8. The van der Waals surface area contributed by atoms with Crippen LogP contribution in [0.4, 0.5) is 0 Å². The van der Waals surface area contributed by atoms with Gasteiger partial charge in [0.2, 0.25) is 6.71 Å². The average molecular weight is 695 g/mol. The fourth-order valence-corrected chi connectivity index (χ4v) is 12.0. The number of hydrogen-bond donors (Lipinski definition) is 0. The van der Waals surface area contributed by atoms with Crippen molar-refractivity contribution in [1.29, 1.82) is 0 Å². The van der Waals surface area contributed by atoms with Gasteiger partial charge in [0.25, 0.3) is 0 Å². The van der Waals surface area contributed by atoms with Crippen LogP contribution in [0.3, 0.4) is 0 Å². The number of benzene rings is 5. The van der Waals surface area contributed by atoms with E-state index in [-0.39, 0.29) is 28.9 Å². The van der Waals surface area contributed by atoms with Crippen molar-refractivity contribution >= 4 is 23.1 Å². The zero-order valence-electron chi connectivity index (χ0n) is 34.4. The Balaban J connectivity index is 1.41. The van der Waals surface area contributed by atoms with Crippen molar-refractivity contribution < 1.29 is 0 Å². The first-order valence-corrected chi connectivity index (χ1v) is 20.6. The maximum Gasteiger partial charge on any atom is 0.243 e. The van der Waals surface area contributed by atoms with Crippen LogP contribution in [-0.4, -0.2) is 6.71 Å². The van der Waals surface area contributed by atoms with E-state index >= 15 is 0 Å². The zero-order valence-corrected chi connectivity index (χ0v) is 34.4. The molecule has 4 unspecified atom stereocenters. The molecule has 0 saturated heterocycles. The molecule has 53 heavy (non-hydrogen) atoms. The molecule has 2 aliphatic carbocycles. The normalized spacial score (nSPS) is 24.2. The van der Waals surface area contributed by atoms with Gasteiger partial charge in [0.1, 0.15) is 0 Å². The van der Waals surface area contributed by atoms with Crippen LogP contribution in [0, 0.1) is 26.2 Å². The van der Waals surface area contributed by atoms with Crippen molar-refractivity contribution in [3.63, 3.8) is 0 Å². The maximum absolute atomic E-state index is 2.66. The summed E-state index contributed by atoms with van der Waals surface area (Å²) in [6, 6.07) is 34.1. The van der Waals surface area contributed by atoms with E-state index < -0.39 is 0 Å². The fourth-order valence-electron chi connectivity index (χ4n) is 12.0. The molecular weight excluding hydrogens is 635 g/mol. The summed E-state index contributed by atoms with van der Waals surface area (Å²) >= 11 is 0. The Bertz CT molecular complexity index is 2310. The molecule has 0 amide bonds. The summed E-state index contributed by atoms with van der Waals surface area (Å²) < 4.78 is 0. The third kappa shape index (κ3) is 5.01. The predicted octanol–water partition coefficient (Wildman–Crippen LogP) is 11.6. The lowest BCUT2D eigenvalue weighted by molar-refractivity contribution is 0.0597. The predicted molar refractivity (Wildman–Crippen MR) is 229 cm³/mol. The molecule has 1 heteroatoms. The molecule has 5 aromatic rings. The third-order valence-corrected chi connectivity index (χ3v) is 14.9. The van der Waals surface area contributed by atoms with E-state index in [9.17, 15) is 0 Å². The van der Waals surface area contributed by atoms with E-state index in [1.165, 1.54) is 87.6 Å². The lowest BCUT2D eigenvalue weighted by atomic mass is 9.27. The molecule has 1 fully saturated rings. The van der Waals surface area contributed by atoms with Crippen molar-refractivity contribution in [2.45, 2.75) is 136 Å². The molecule has 0 nitrogen and oxygen atoms in total. The van der Waals surface area contributed by atoms with Gasteiger partial charge in [-0.1, -0.05) is 181 Å². The monoisotopic (exact) mass is 694 g/mol. The lowest BCUT2D eigenvalue weighted by Crippen LogP contribution is -2.65. The minimum absolute atomic E-state index is 0.0482. The first-order valence-electron chi connectivity index (χ1n) is 20.6. The van der Waals surface area contributed by atoms with E-state index in [0.717, 1.165) is 0 Å². The molecule has 9 rings (SSSR count). The van der Waals surface area contributed by atoms with Crippen LogP contribution in [0.15, 0.2) is 84.9 Å². The highest BCUT2D eigenvalue weighted by atomic mass is 14.6. The van der Waals surface area contributed by atoms with Crippen molar-refractivity contribution in [3.8, 4) is 11.1 Å². The van der Waals surface area contributed by atoms with Crippen LogP contribution in [0.25, 0.3) is 11.1 Å². The Morgan fingerprint density at radius 1 is 0.623 bits per heavy atom. The van der Waals surface area contributed by atoms with E-state index in [0.29, 0.717) is 11.3 Å². The van der Waals surface area contributed by atoms with E-state index in [1.54, 1.807) is 33.2 Å². The van der Waals surface area contributed by atoms with Crippen LogP contribution >= 0.6 is 0 Å². The minimum atomic E-state index is 0.0482. The van der Waals surface area contributed by atoms with Crippen LogP contribution in [-0.2, 0) is 16.2 Å². The summed E-state index contributed by atoms with van der Waals surface area (Å²) in [5.74, 6) is 0.583. The molecule has 0 aromatic heterocycles. The second kappa shape index (κ2) is 11.6. The Morgan fingerprint density at radius 3 is 2.00 bits per heavy atom. The van der Waals surface area contributed by atoms with Crippen LogP contribution in [0.5, 0.6) is 0 Å². The van der Waals surface area contributed by atoms with Gasteiger partial charge >= 0.3 is 0 Å². The van der Waals surface area contributed by atoms with Gasteiger partial charge in [-0.05, 0) is 123 Å². The summed E-state index contributed by atoms with van der Waals surface area (Å²) in [5, 5.41) is 0. The first kappa shape index (κ1) is 34.9. The van der Waals surface area contributed by atoms with Gasteiger partial charge in [0.05, 0.1) is 0 Å². The van der Waals surface area contributed by atoms with Crippen molar-refractivity contribution in [2.75, 3.05) is 0 Å². The SMILES string of the molecule is Cc1cc2c3c(c1)C(c1ccc(C(C)(C)C)cc1-c1ccccc1)c1cc(C(C)(C)C)ccc1B3c1c(C)cc(C)c3c1C2CC1(C)CCCCC31C. The summed E-state index contributed by atoms with van der Waals surface area (Å²) in [7, 11) is 0. The van der Waals surface area contributed by atoms with E-state index in [1.807, 2.05) is 0 Å². The largest absolute Gasteiger partial charge is 0.243 e. The fraction of sp³-hybridized carbons (Fsp3) is 0.423. The first-order chi connectivity index (χ1) is 25.0. The van der Waals surface area contributed by atoms with Crippen LogP contribution < -0.4 is 16.4 Å². The highest BCUT2D eigenvalue weighted by Crippen LogP contribution is 2.63. The number of aryl methyl sites for hydroxylation is 3. The molecule has 0 radical (unpaired) electrons. The molecule has 1 saturated carbocycles. The average Bonchev–Trinajstić information content (AvgIpc) is 3.09. The van der Waals surface area contributed by atoms with Crippen molar-refractivity contribution in [3.05, 3.63) is 146 Å². The van der Waals surface area contributed by atoms with Gasteiger partial charge in [-0.25, -0.2) is 0 Å². The zero-order chi connectivity index (χ0) is 37.4. The number of rotatable bonds is 2. The highest BCUT2D eigenvalue weighted by molar-refractivity contribution is 6.97. The Kier molecular flexibility index (Phi) is 7.63. The number of hydrogen-bond acceptors (Lipinski definition) is 0. The smallest absolute Gasteiger partial charge is 0.0664 e. The molecule has 0 bridgehead atoms. The van der Waals surface area contributed by atoms with Crippen molar-refractivity contribution in [1.82, 2.24) is 0 Å². The second-order valence-electron chi connectivity index (χ2n) is 20.3. The van der Waals surface area contributed by atoms with Gasteiger partial charge in [0, 0.05) is 11.8 Å². The van der Waals surface area contributed by atoms with Crippen LogP contribution in [0.1, 0.15) is 161 Å². The van der Waals surface area contributed by atoms with E-state index in [4.69, 9.17) is 0 Å². The molecule has 0 spiro atoms. The quantitative estimate of drug-likeness (QED) is 0.158. The maximum atomic E-state index is 2.66. The summed E-state index contributed by atoms with van der Waals surface area (Å²) in [6.07, 6.45) is 6.61. The van der Waals surface area contributed by atoms with Gasteiger partial charge in [-0.3, -0.25) is 0 Å². The minimum Gasteiger partial charge on any atom is -0.0664 e. The molecule has 4 aliphatic rings. The molecule has 2 heterocycles. The summed E-state index contributed by atoms with van der Waals surface area (Å²) in [4.78, 5) is 0. The van der Waals surface area contributed by atoms with E-state index in [2.05, 4.69) is 161 Å². The topological polar surface area (TPSA) is 0 Å². The number of fused-ring (bicyclic) bond motifs is 6. The van der Waals surface area contributed by atoms with Gasteiger partial charge in [-0.2, -0.15) is 0 Å². The Morgan fingerprint density at radius 2 is 1.28 bits per heavy atom. The lowest BCUT2D eigenvalue weighted by Gasteiger charge is -2.59. The molecule has 270 valence electrons. The Hall–Kier alpha value is -3.84. The third-order valence-electron chi connectivity index (χ3n) is 14.9. The summed E-state index contributed by atoms with van der Waals surface area (Å²) in [6.45, 7) is 27.0. The van der Waals surface area contributed by atoms with Gasteiger partial charge in [0.15, 0.2) is 0 Å². The standard InChI is InChI=1S/C52H59B/c1-31-25-39-42-30-51(10)23-15-16-24-52(51,11)46-32(2)27-33(3)47(45(42)46)53-43-22-20-36(50(7,8)9)29-40(43)44(41(26-31)48(39)53)37-21-19-35(49(4,5)6)28-38(37)34-17-13-12-14-18-34/h12-14,17-22,25-29,42,44H,15-16,23-24,30H2,1-11H3. The van der Waals surface area contributed by atoms with Crippen molar-refractivity contribution in [2.24, 2.45) is 5.41 Å². The van der Waals surface area contributed by atoms with Crippen LogP contribution in [0.2, 0.25) is 0 Å². The van der Waals surface area contributed by atoms with Gasteiger partial charge < -0.3 is 0 Å². The molecule has 5 aromatic carbocycles. The molecular formula is C52H59B. The Labute approximate surface area is 320 Å². The highest BCUT2D eigenvalue weighted by Gasteiger charge is 2.57. The van der Waals surface area contributed by atoms with Gasteiger partial charge in [-0.15, -0.1) is 0 Å². The second-order valence-corrected chi connectivity index (χ2v) is 20.3. The molecule has 4 atom stereocenters. The molecule has 0 N–H and O–H groups in total.